The van der Waals surface area contributed by atoms with E-state index in [1.165, 1.54) is 11.6 Å². The van der Waals surface area contributed by atoms with Gasteiger partial charge in [0, 0.05) is 30.2 Å². The van der Waals surface area contributed by atoms with Crippen molar-refractivity contribution in [1.29, 1.82) is 0 Å². The van der Waals surface area contributed by atoms with Crippen molar-refractivity contribution < 1.29 is 19.2 Å². The van der Waals surface area contributed by atoms with E-state index in [-0.39, 0.29) is 16.9 Å². The second-order valence-corrected chi connectivity index (χ2v) is 6.60. The Morgan fingerprint density at radius 3 is 2.59 bits per heavy atom. The highest BCUT2D eigenvalue weighted by molar-refractivity contribution is 7.98. The van der Waals surface area contributed by atoms with Crippen molar-refractivity contribution in [3.05, 3.63) is 69.8 Å². The number of nitrogens with two attached hydrogens (primary N) is 1. The standard InChI is InChI=1S/C18H19N3O5S/c19-16-10-14(21(24)25)6-7-15(16)18(23)26-11-17(22)20-8-9-27-12-13-4-2-1-3-5-13/h1-7,10H,8-9,11-12,19H2,(H,20,22). The van der Waals surface area contributed by atoms with Crippen LogP contribution in [0.25, 0.3) is 0 Å². The Morgan fingerprint density at radius 2 is 1.93 bits per heavy atom. The molecule has 2 aromatic rings. The van der Waals surface area contributed by atoms with Crippen LogP contribution in [0.1, 0.15) is 15.9 Å². The van der Waals surface area contributed by atoms with E-state index >= 15 is 0 Å². The number of nitrogens with zero attached hydrogens (tertiary/aromatic N) is 1. The Balaban J connectivity index is 1.67. The number of nitro benzene ring substituents is 1. The number of carbonyl (C=O) groups is 2. The van der Waals surface area contributed by atoms with Crippen LogP contribution in [0.2, 0.25) is 0 Å². The van der Waals surface area contributed by atoms with Gasteiger partial charge in [-0.3, -0.25) is 14.9 Å². The maximum absolute atomic E-state index is 11.9. The predicted octanol–water partition coefficient (Wildman–Crippen LogP) is 2.38. The molecule has 0 atom stereocenters. The molecule has 0 heterocycles. The van der Waals surface area contributed by atoms with Crippen molar-refractivity contribution in [2.75, 3.05) is 24.6 Å². The maximum Gasteiger partial charge on any atom is 0.340 e. The van der Waals surface area contributed by atoms with Crippen LogP contribution >= 0.6 is 11.8 Å². The van der Waals surface area contributed by atoms with Gasteiger partial charge in [-0.1, -0.05) is 30.3 Å². The van der Waals surface area contributed by atoms with Gasteiger partial charge in [-0.2, -0.15) is 11.8 Å². The zero-order valence-corrected chi connectivity index (χ0v) is 15.2. The van der Waals surface area contributed by atoms with Crippen molar-refractivity contribution in [3.8, 4) is 0 Å². The van der Waals surface area contributed by atoms with Crippen molar-refractivity contribution in [2.45, 2.75) is 5.75 Å². The third kappa shape index (κ3) is 6.63. The number of carbonyl (C=O) groups excluding carboxylic acids is 2. The largest absolute Gasteiger partial charge is 0.452 e. The number of hydrogen-bond acceptors (Lipinski definition) is 7. The molecule has 0 spiro atoms. The van der Waals surface area contributed by atoms with E-state index < -0.39 is 23.4 Å². The lowest BCUT2D eigenvalue weighted by atomic mass is 10.1. The molecule has 27 heavy (non-hydrogen) atoms. The monoisotopic (exact) mass is 389 g/mol. The number of non-ortho nitro benzene ring substituents is 1. The number of nitrogens with one attached hydrogen (secondary N) is 1. The molecule has 0 aliphatic rings. The number of nitro groups is 1. The summed E-state index contributed by atoms with van der Waals surface area (Å²) in [5, 5.41) is 13.3. The Morgan fingerprint density at radius 1 is 1.19 bits per heavy atom. The maximum atomic E-state index is 11.9. The summed E-state index contributed by atoms with van der Waals surface area (Å²) in [6.45, 7) is 0.00612. The Labute approximate surface area is 160 Å². The molecular weight excluding hydrogens is 370 g/mol. The molecule has 8 nitrogen and oxygen atoms in total. The summed E-state index contributed by atoms with van der Waals surface area (Å²) in [5.41, 5.74) is 6.51. The molecular formula is C18H19N3O5S. The first-order valence-electron chi connectivity index (χ1n) is 8.07. The second-order valence-electron chi connectivity index (χ2n) is 5.49. The molecule has 2 rings (SSSR count). The van der Waals surface area contributed by atoms with Crippen molar-refractivity contribution in [3.63, 3.8) is 0 Å². The summed E-state index contributed by atoms with van der Waals surface area (Å²) in [5.74, 6) is 0.342. The molecule has 2 aromatic carbocycles. The molecule has 142 valence electrons. The van der Waals surface area contributed by atoms with Gasteiger partial charge >= 0.3 is 5.97 Å². The van der Waals surface area contributed by atoms with Crippen LogP contribution in [0, 0.1) is 10.1 Å². The minimum absolute atomic E-state index is 0.0215. The summed E-state index contributed by atoms with van der Waals surface area (Å²) in [6.07, 6.45) is 0. The van der Waals surface area contributed by atoms with E-state index in [0.717, 1.165) is 23.6 Å². The molecule has 9 heteroatoms. The molecule has 0 aliphatic carbocycles. The van der Waals surface area contributed by atoms with Gasteiger partial charge in [0.1, 0.15) is 0 Å². The van der Waals surface area contributed by atoms with Gasteiger partial charge in [0.2, 0.25) is 0 Å². The number of anilines is 1. The average Bonchev–Trinajstić information content (AvgIpc) is 2.66. The minimum Gasteiger partial charge on any atom is -0.452 e. The number of nitrogen functional groups attached to an aromatic ring is 1. The highest BCUT2D eigenvalue weighted by Gasteiger charge is 2.16. The van der Waals surface area contributed by atoms with E-state index in [4.69, 9.17) is 10.5 Å². The molecule has 0 fully saturated rings. The van der Waals surface area contributed by atoms with E-state index in [1.54, 1.807) is 11.8 Å². The highest BCUT2D eigenvalue weighted by Crippen LogP contribution is 2.20. The topological polar surface area (TPSA) is 125 Å². The molecule has 3 N–H and O–H groups in total. The summed E-state index contributed by atoms with van der Waals surface area (Å²) >= 11 is 1.68. The first kappa shape index (κ1) is 20.2. The van der Waals surface area contributed by atoms with E-state index in [9.17, 15) is 19.7 Å². The lowest BCUT2D eigenvalue weighted by Crippen LogP contribution is -2.30. The van der Waals surface area contributed by atoms with Crippen LogP contribution in [0.5, 0.6) is 0 Å². The normalized spacial score (nSPS) is 10.2. The van der Waals surface area contributed by atoms with Gasteiger partial charge in [-0.25, -0.2) is 4.79 Å². The smallest absolute Gasteiger partial charge is 0.340 e. The Bertz CT molecular complexity index is 814. The number of ether oxygens (including phenoxy) is 1. The molecule has 0 unspecified atom stereocenters. The molecule has 1 amide bonds. The molecule has 0 bridgehead atoms. The van der Waals surface area contributed by atoms with Gasteiger partial charge in [-0.15, -0.1) is 0 Å². The minimum atomic E-state index is -0.809. The van der Waals surface area contributed by atoms with E-state index in [0.29, 0.717) is 6.54 Å². The van der Waals surface area contributed by atoms with Crippen molar-refractivity contribution in [1.82, 2.24) is 5.32 Å². The van der Waals surface area contributed by atoms with Gasteiger partial charge < -0.3 is 15.8 Å². The molecule has 0 saturated carbocycles. The number of hydrogen-bond donors (Lipinski definition) is 2. The predicted molar refractivity (Wildman–Crippen MR) is 103 cm³/mol. The van der Waals surface area contributed by atoms with Crippen molar-refractivity contribution in [2.24, 2.45) is 0 Å². The molecule has 0 aliphatic heterocycles. The fourth-order valence-corrected chi connectivity index (χ4v) is 2.96. The molecule has 0 aromatic heterocycles. The van der Waals surface area contributed by atoms with Crippen LogP contribution in [0.3, 0.4) is 0 Å². The van der Waals surface area contributed by atoms with Crippen LogP contribution in [0.15, 0.2) is 48.5 Å². The summed E-state index contributed by atoms with van der Waals surface area (Å²) in [7, 11) is 0. The van der Waals surface area contributed by atoms with Crippen LogP contribution < -0.4 is 11.1 Å². The Kier molecular flexibility index (Phi) is 7.63. The Hall–Kier alpha value is -3.07. The lowest BCUT2D eigenvalue weighted by Gasteiger charge is -2.08. The molecule has 0 radical (unpaired) electrons. The van der Waals surface area contributed by atoms with Gasteiger partial charge in [0.15, 0.2) is 6.61 Å². The zero-order valence-electron chi connectivity index (χ0n) is 14.4. The third-order valence-electron chi connectivity index (χ3n) is 3.48. The number of amides is 1. The summed E-state index contributed by atoms with van der Waals surface area (Å²) < 4.78 is 4.89. The number of benzene rings is 2. The summed E-state index contributed by atoms with van der Waals surface area (Å²) in [6, 6.07) is 13.4. The third-order valence-corrected chi connectivity index (χ3v) is 4.51. The number of esters is 1. The van der Waals surface area contributed by atoms with Crippen molar-refractivity contribution >= 4 is 35.0 Å². The quantitative estimate of drug-likeness (QED) is 0.222. The van der Waals surface area contributed by atoms with Gasteiger partial charge in [0.25, 0.3) is 11.6 Å². The van der Waals surface area contributed by atoms with Gasteiger partial charge in [0.05, 0.1) is 16.2 Å². The number of rotatable bonds is 9. The second kappa shape index (κ2) is 10.2. The average molecular weight is 389 g/mol. The van der Waals surface area contributed by atoms with Crippen LogP contribution in [0.4, 0.5) is 11.4 Å². The fraction of sp³-hybridized carbons (Fsp3) is 0.222. The first-order valence-corrected chi connectivity index (χ1v) is 9.22. The first-order chi connectivity index (χ1) is 13.0. The SMILES string of the molecule is Nc1cc([N+](=O)[O-])ccc1C(=O)OCC(=O)NCCSCc1ccccc1. The van der Waals surface area contributed by atoms with E-state index in [1.807, 2.05) is 30.3 Å². The fourth-order valence-electron chi connectivity index (χ4n) is 2.14. The van der Waals surface area contributed by atoms with E-state index in [2.05, 4.69) is 5.32 Å². The zero-order chi connectivity index (χ0) is 19.6. The lowest BCUT2D eigenvalue weighted by molar-refractivity contribution is -0.384. The molecule has 0 saturated heterocycles. The highest BCUT2D eigenvalue weighted by atomic mass is 32.2. The van der Waals surface area contributed by atoms with Gasteiger partial charge in [-0.05, 0) is 11.6 Å². The van der Waals surface area contributed by atoms with Crippen LogP contribution in [-0.2, 0) is 15.3 Å². The van der Waals surface area contributed by atoms with Crippen LogP contribution in [-0.4, -0.2) is 35.7 Å². The number of thioether (sulfide) groups is 1. The summed E-state index contributed by atoms with van der Waals surface area (Å²) in [4.78, 5) is 33.7.